The molecule has 4 heteroatoms. The Morgan fingerprint density at radius 3 is 2.65 bits per heavy atom. The third kappa shape index (κ3) is 2.96. The monoisotopic (exact) mass is 236 g/mol. The number of ether oxygens (including phenoxy) is 1. The van der Waals surface area contributed by atoms with E-state index in [2.05, 4.69) is 23.7 Å². The lowest BCUT2D eigenvalue weighted by Gasteiger charge is -2.28. The summed E-state index contributed by atoms with van der Waals surface area (Å²) < 4.78 is 5.34. The SMILES string of the molecule is CC(C)c1cc(CO)cc(N2CCOCC2)n1. The fourth-order valence-corrected chi connectivity index (χ4v) is 1.94. The minimum atomic E-state index is 0.0690. The molecule has 1 aromatic rings. The van der Waals surface area contributed by atoms with Gasteiger partial charge >= 0.3 is 0 Å². The molecule has 0 aromatic carbocycles. The predicted molar refractivity (Wildman–Crippen MR) is 67.3 cm³/mol. The van der Waals surface area contributed by atoms with Gasteiger partial charge in [0, 0.05) is 18.8 Å². The summed E-state index contributed by atoms with van der Waals surface area (Å²) in [7, 11) is 0. The molecule has 1 saturated heterocycles. The van der Waals surface area contributed by atoms with Crippen LogP contribution in [0.4, 0.5) is 5.82 Å². The van der Waals surface area contributed by atoms with Crippen LogP contribution < -0.4 is 4.90 Å². The first-order valence-corrected chi connectivity index (χ1v) is 6.15. The zero-order chi connectivity index (χ0) is 12.3. The van der Waals surface area contributed by atoms with Gasteiger partial charge in [0.1, 0.15) is 5.82 Å². The van der Waals surface area contributed by atoms with E-state index >= 15 is 0 Å². The lowest BCUT2D eigenvalue weighted by molar-refractivity contribution is 0.122. The Labute approximate surface area is 102 Å². The molecule has 0 atom stereocenters. The second kappa shape index (κ2) is 5.47. The lowest BCUT2D eigenvalue weighted by Crippen LogP contribution is -2.37. The van der Waals surface area contributed by atoms with Gasteiger partial charge in [0.25, 0.3) is 0 Å². The Kier molecular flexibility index (Phi) is 3.97. The molecule has 2 heterocycles. The van der Waals surface area contributed by atoms with Gasteiger partial charge in [-0.25, -0.2) is 4.98 Å². The van der Waals surface area contributed by atoms with Crippen LogP contribution in [-0.4, -0.2) is 36.4 Å². The number of aromatic nitrogens is 1. The number of pyridine rings is 1. The number of aliphatic hydroxyl groups is 1. The highest BCUT2D eigenvalue weighted by atomic mass is 16.5. The zero-order valence-corrected chi connectivity index (χ0v) is 10.5. The molecule has 1 N–H and O–H groups in total. The topological polar surface area (TPSA) is 45.6 Å². The molecule has 1 aromatic heterocycles. The van der Waals surface area contributed by atoms with Crippen molar-refractivity contribution >= 4 is 5.82 Å². The Hall–Kier alpha value is -1.13. The fraction of sp³-hybridized carbons (Fsp3) is 0.615. The zero-order valence-electron chi connectivity index (χ0n) is 10.5. The van der Waals surface area contributed by atoms with Gasteiger partial charge in [-0.2, -0.15) is 0 Å². The van der Waals surface area contributed by atoms with E-state index in [1.165, 1.54) is 0 Å². The molecule has 4 nitrogen and oxygen atoms in total. The maximum absolute atomic E-state index is 9.30. The van der Waals surface area contributed by atoms with E-state index in [9.17, 15) is 5.11 Å². The first kappa shape index (κ1) is 12.3. The minimum Gasteiger partial charge on any atom is -0.392 e. The minimum absolute atomic E-state index is 0.0690. The molecule has 0 saturated carbocycles. The largest absolute Gasteiger partial charge is 0.392 e. The van der Waals surface area contributed by atoms with Crippen molar-refractivity contribution in [1.82, 2.24) is 4.98 Å². The molecule has 0 aliphatic carbocycles. The van der Waals surface area contributed by atoms with Gasteiger partial charge in [0.05, 0.1) is 19.8 Å². The van der Waals surface area contributed by atoms with E-state index in [0.717, 1.165) is 43.4 Å². The first-order chi connectivity index (χ1) is 8.20. The molecule has 0 radical (unpaired) electrons. The van der Waals surface area contributed by atoms with E-state index in [1.807, 2.05) is 12.1 Å². The molecular weight excluding hydrogens is 216 g/mol. The van der Waals surface area contributed by atoms with Gasteiger partial charge < -0.3 is 14.7 Å². The standard InChI is InChI=1S/C13H20N2O2/c1-10(2)12-7-11(9-16)8-13(14-12)15-3-5-17-6-4-15/h7-8,10,16H,3-6,9H2,1-2H3. The number of aliphatic hydroxyl groups excluding tert-OH is 1. The summed E-state index contributed by atoms with van der Waals surface area (Å²) in [5.74, 6) is 1.34. The van der Waals surface area contributed by atoms with Crippen molar-refractivity contribution in [2.75, 3.05) is 31.2 Å². The van der Waals surface area contributed by atoms with E-state index in [-0.39, 0.29) is 6.61 Å². The number of rotatable bonds is 3. The normalized spacial score (nSPS) is 16.6. The maximum Gasteiger partial charge on any atom is 0.129 e. The highest BCUT2D eigenvalue weighted by Gasteiger charge is 2.14. The van der Waals surface area contributed by atoms with E-state index in [0.29, 0.717) is 5.92 Å². The van der Waals surface area contributed by atoms with Crippen LogP contribution in [0.3, 0.4) is 0 Å². The van der Waals surface area contributed by atoms with E-state index in [4.69, 9.17) is 4.74 Å². The van der Waals surface area contributed by atoms with Crippen molar-refractivity contribution in [3.63, 3.8) is 0 Å². The third-order valence-corrected chi connectivity index (χ3v) is 3.00. The summed E-state index contributed by atoms with van der Waals surface area (Å²) in [4.78, 5) is 6.88. The van der Waals surface area contributed by atoms with Crippen LogP contribution in [0.15, 0.2) is 12.1 Å². The van der Waals surface area contributed by atoms with Gasteiger partial charge in [0.15, 0.2) is 0 Å². The summed E-state index contributed by atoms with van der Waals surface area (Å²) in [6.07, 6.45) is 0. The molecule has 0 spiro atoms. The molecule has 17 heavy (non-hydrogen) atoms. The van der Waals surface area contributed by atoms with Gasteiger partial charge in [-0.3, -0.25) is 0 Å². The molecule has 1 aliphatic heterocycles. The first-order valence-electron chi connectivity index (χ1n) is 6.15. The van der Waals surface area contributed by atoms with Crippen LogP contribution in [0.5, 0.6) is 0 Å². The van der Waals surface area contributed by atoms with Crippen molar-refractivity contribution in [2.45, 2.75) is 26.4 Å². The van der Waals surface area contributed by atoms with Crippen molar-refractivity contribution in [3.8, 4) is 0 Å². The predicted octanol–water partition coefficient (Wildman–Crippen LogP) is 1.53. The van der Waals surface area contributed by atoms with Crippen molar-refractivity contribution in [2.24, 2.45) is 0 Å². The summed E-state index contributed by atoms with van der Waals surface area (Å²) in [5, 5.41) is 9.30. The van der Waals surface area contributed by atoms with Crippen LogP contribution in [0.2, 0.25) is 0 Å². The number of morpholine rings is 1. The van der Waals surface area contributed by atoms with Gasteiger partial charge in [-0.05, 0) is 23.6 Å². The molecule has 2 rings (SSSR count). The number of hydrogen-bond acceptors (Lipinski definition) is 4. The van der Waals surface area contributed by atoms with Gasteiger partial charge in [-0.15, -0.1) is 0 Å². The number of hydrogen-bond donors (Lipinski definition) is 1. The van der Waals surface area contributed by atoms with Gasteiger partial charge in [0.2, 0.25) is 0 Å². The summed E-state index contributed by atoms with van der Waals surface area (Å²) in [6.45, 7) is 7.56. The van der Waals surface area contributed by atoms with Crippen molar-refractivity contribution in [3.05, 3.63) is 23.4 Å². The van der Waals surface area contributed by atoms with Crippen LogP contribution >= 0.6 is 0 Å². The molecule has 94 valence electrons. The van der Waals surface area contributed by atoms with E-state index < -0.39 is 0 Å². The van der Waals surface area contributed by atoms with Crippen LogP contribution in [0.1, 0.15) is 31.0 Å². The molecule has 1 aliphatic rings. The molecular formula is C13H20N2O2. The van der Waals surface area contributed by atoms with Crippen LogP contribution in [0, 0.1) is 0 Å². The summed E-state index contributed by atoms with van der Waals surface area (Å²) in [5.41, 5.74) is 1.98. The molecule has 0 bridgehead atoms. The third-order valence-electron chi connectivity index (χ3n) is 3.00. The molecule has 1 fully saturated rings. The smallest absolute Gasteiger partial charge is 0.129 e. The average Bonchev–Trinajstić information content (AvgIpc) is 2.39. The quantitative estimate of drug-likeness (QED) is 0.864. The Balaban J connectivity index is 2.28. The van der Waals surface area contributed by atoms with E-state index in [1.54, 1.807) is 0 Å². The van der Waals surface area contributed by atoms with Crippen LogP contribution in [-0.2, 0) is 11.3 Å². The Morgan fingerprint density at radius 1 is 1.35 bits per heavy atom. The average molecular weight is 236 g/mol. The highest BCUT2D eigenvalue weighted by molar-refractivity contribution is 5.43. The molecule has 0 unspecified atom stereocenters. The Morgan fingerprint density at radius 2 is 2.06 bits per heavy atom. The number of anilines is 1. The van der Waals surface area contributed by atoms with Crippen LogP contribution in [0.25, 0.3) is 0 Å². The lowest BCUT2D eigenvalue weighted by atomic mass is 10.1. The highest BCUT2D eigenvalue weighted by Crippen LogP contribution is 2.21. The second-order valence-electron chi connectivity index (χ2n) is 4.67. The number of nitrogens with zero attached hydrogens (tertiary/aromatic N) is 2. The van der Waals surface area contributed by atoms with Gasteiger partial charge in [-0.1, -0.05) is 13.8 Å². The Bertz CT molecular complexity index is 374. The maximum atomic E-state index is 9.30. The second-order valence-corrected chi connectivity index (χ2v) is 4.67. The fourth-order valence-electron chi connectivity index (χ4n) is 1.94. The van der Waals surface area contributed by atoms with Crippen molar-refractivity contribution in [1.29, 1.82) is 0 Å². The van der Waals surface area contributed by atoms with Crippen molar-refractivity contribution < 1.29 is 9.84 Å². The summed E-state index contributed by atoms with van der Waals surface area (Å²) >= 11 is 0. The molecule has 0 amide bonds. The summed E-state index contributed by atoms with van der Waals surface area (Å²) in [6, 6.07) is 3.95.